The Balaban J connectivity index is 2.28. The predicted octanol–water partition coefficient (Wildman–Crippen LogP) is 2.53. The lowest BCUT2D eigenvalue weighted by Crippen LogP contribution is -2.05. The second-order valence-corrected chi connectivity index (χ2v) is 3.91. The van der Waals surface area contributed by atoms with E-state index in [9.17, 15) is 4.79 Å². The number of aromatic nitrogens is 1. The number of aldehydes is 1. The molecule has 0 radical (unpaired) electrons. The molecule has 0 saturated heterocycles. The van der Waals surface area contributed by atoms with Gasteiger partial charge in [0.15, 0.2) is 6.29 Å². The molecule has 0 amide bonds. The summed E-state index contributed by atoms with van der Waals surface area (Å²) in [4.78, 5) is 10.9. The van der Waals surface area contributed by atoms with Crippen molar-refractivity contribution in [2.45, 2.75) is 13.5 Å². The highest BCUT2D eigenvalue weighted by Gasteiger charge is 2.04. The summed E-state index contributed by atoms with van der Waals surface area (Å²) in [6, 6.07) is 13.2. The molecule has 0 unspecified atom stereocenters. The van der Waals surface area contributed by atoms with Crippen molar-refractivity contribution < 1.29 is 4.79 Å². The SMILES string of the molecule is Cc1ccc(C=O)n1Cc1ccc(C#N)cc1. The van der Waals surface area contributed by atoms with Crippen LogP contribution in [-0.2, 0) is 6.54 Å². The van der Waals surface area contributed by atoms with Crippen LogP contribution in [0.1, 0.15) is 27.3 Å². The Morgan fingerprint density at radius 2 is 1.94 bits per heavy atom. The lowest BCUT2D eigenvalue weighted by atomic mass is 10.1. The summed E-state index contributed by atoms with van der Waals surface area (Å²) in [5, 5.41) is 8.71. The van der Waals surface area contributed by atoms with E-state index >= 15 is 0 Å². The largest absolute Gasteiger partial charge is 0.338 e. The van der Waals surface area contributed by atoms with E-state index in [0.29, 0.717) is 17.8 Å². The Bertz CT molecular complexity index is 573. The molecule has 2 rings (SSSR count). The molecule has 0 saturated carbocycles. The molecule has 2 aromatic rings. The first-order valence-electron chi connectivity index (χ1n) is 5.35. The highest BCUT2D eigenvalue weighted by molar-refractivity contribution is 5.72. The molecule has 0 aliphatic heterocycles. The maximum Gasteiger partial charge on any atom is 0.166 e. The molecule has 0 N–H and O–H groups in total. The van der Waals surface area contributed by atoms with E-state index in [1.807, 2.05) is 35.8 Å². The number of hydrogen-bond donors (Lipinski definition) is 0. The fraction of sp³-hybridized carbons (Fsp3) is 0.143. The highest BCUT2D eigenvalue weighted by atomic mass is 16.1. The van der Waals surface area contributed by atoms with E-state index in [4.69, 9.17) is 5.26 Å². The first kappa shape index (κ1) is 11.2. The summed E-state index contributed by atoms with van der Waals surface area (Å²) in [5.74, 6) is 0. The second-order valence-electron chi connectivity index (χ2n) is 3.91. The van der Waals surface area contributed by atoms with Gasteiger partial charge in [0, 0.05) is 12.2 Å². The zero-order chi connectivity index (χ0) is 12.3. The van der Waals surface area contributed by atoms with E-state index in [1.165, 1.54) is 0 Å². The van der Waals surface area contributed by atoms with Crippen LogP contribution in [0.5, 0.6) is 0 Å². The Morgan fingerprint density at radius 1 is 1.24 bits per heavy atom. The molecule has 0 aliphatic rings. The Hall–Kier alpha value is -2.34. The van der Waals surface area contributed by atoms with Crippen LogP contribution in [0.4, 0.5) is 0 Å². The van der Waals surface area contributed by atoms with Gasteiger partial charge in [-0.1, -0.05) is 12.1 Å². The van der Waals surface area contributed by atoms with Crippen molar-refractivity contribution in [2.24, 2.45) is 0 Å². The molecule has 84 valence electrons. The lowest BCUT2D eigenvalue weighted by Gasteiger charge is -2.08. The van der Waals surface area contributed by atoms with Crippen LogP contribution in [0.25, 0.3) is 0 Å². The van der Waals surface area contributed by atoms with Gasteiger partial charge in [0.05, 0.1) is 17.3 Å². The van der Waals surface area contributed by atoms with Gasteiger partial charge < -0.3 is 4.57 Å². The molecule has 3 heteroatoms. The van der Waals surface area contributed by atoms with Gasteiger partial charge >= 0.3 is 0 Å². The van der Waals surface area contributed by atoms with Gasteiger partial charge in [-0.05, 0) is 36.8 Å². The quantitative estimate of drug-likeness (QED) is 0.752. The Morgan fingerprint density at radius 3 is 2.53 bits per heavy atom. The minimum absolute atomic E-state index is 0.647. The van der Waals surface area contributed by atoms with Gasteiger partial charge in [0.25, 0.3) is 0 Å². The summed E-state index contributed by atoms with van der Waals surface area (Å²) in [6.07, 6.45) is 0.858. The number of benzene rings is 1. The second kappa shape index (κ2) is 4.67. The first-order valence-corrected chi connectivity index (χ1v) is 5.35. The Labute approximate surface area is 99.9 Å². The van der Waals surface area contributed by atoms with Crippen LogP contribution in [0.2, 0.25) is 0 Å². The van der Waals surface area contributed by atoms with Crippen molar-refractivity contribution in [3.63, 3.8) is 0 Å². The van der Waals surface area contributed by atoms with Crippen molar-refractivity contribution in [3.05, 3.63) is 58.9 Å². The molecule has 1 aromatic heterocycles. The van der Waals surface area contributed by atoms with Crippen molar-refractivity contribution in [2.75, 3.05) is 0 Å². The molecule has 1 heterocycles. The number of nitrogens with zero attached hydrogens (tertiary/aromatic N) is 2. The van der Waals surface area contributed by atoms with E-state index in [1.54, 1.807) is 12.1 Å². The van der Waals surface area contributed by atoms with Gasteiger partial charge in [-0.25, -0.2) is 0 Å². The Kier molecular flexibility index (Phi) is 3.06. The third-order valence-corrected chi connectivity index (χ3v) is 2.78. The fourth-order valence-electron chi connectivity index (χ4n) is 1.78. The molecule has 0 bridgehead atoms. The van der Waals surface area contributed by atoms with Gasteiger partial charge in [0.2, 0.25) is 0 Å². The standard InChI is InChI=1S/C14H12N2O/c1-11-2-7-14(10-17)16(11)9-13-5-3-12(8-15)4-6-13/h2-7,10H,9H2,1H3. The van der Waals surface area contributed by atoms with E-state index in [-0.39, 0.29) is 0 Å². The number of rotatable bonds is 3. The zero-order valence-corrected chi connectivity index (χ0v) is 9.55. The monoisotopic (exact) mass is 224 g/mol. The summed E-state index contributed by atoms with van der Waals surface area (Å²) in [7, 11) is 0. The predicted molar refractivity (Wildman–Crippen MR) is 64.8 cm³/mol. The molecular weight excluding hydrogens is 212 g/mol. The van der Waals surface area contributed by atoms with Crippen LogP contribution >= 0.6 is 0 Å². The number of nitriles is 1. The number of carbonyl (C=O) groups is 1. The van der Waals surface area contributed by atoms with E-state index in [0.717, 1.165) is 17.5 Å². The summed E-state index contributed by atoms with van der Waals surface area (Å²) >= 11 is 0. The van der Waals surface area contributed by atoms with Gasteiger partial charge in [-0.3, -0.25) is 4.79 Å². The molecular formula is C14H12N2O. The minimum atomic E-state index is 0.647. The molecule has 1 aromatic carbocycles. The molecule has 3 nitrogen and oxygen atoms in total. The van der Waals surface area contributed by atoms with Crippen LogP contribution in [0.3, 0.4) is 0 Å². The molecule has 0 spiro atoms. The van der Waals surface area contributed by atoms with E-state index in [2.05, 4.69) is 6.07 Å². The average molecular weight is 224 g/mol. The minimum Gasteiger partial charge on any atom is -0.338 e. The topological polar surface area (TPSA) is 45.8 Å². The van der Waals surface area contributed by atoms with Crippen molar-refractivity contribution in [3.8, 4) is 6.07 Å². The number of aryl methyl sites for hydroxylation is 1. The fourth-order valence-corrected chi connectivity index (χ4v) is 1.78. The van der Waals surface area contributed by atoms with Crippen LogP contribution in [0.15, 0.2) is 36.4 Å². The molecule has 0 aliphatic carbocycles. The normalized spacial score (nSPS) is 9.88. The smallest absolute Gasteiger partial charge is 0.166 e. The number of carbonyl (C=O) groups excluding carboxylic acids is 1. The first-order chi connectivity index (χ1) is 8.24. The van der Waals surface area contributed by atoms with Gasteiger partial charge in [-0.15, -0.1) is 0 Å². The van der Waals surface area contributed by atoms with Gasteiger partial charge in [0.1, 0.15) is 0 Å². The molecule has 0 atom stereocenters. The third-order valence-electron chi connectivity index (χ3n) is 2.78. The van der Waals surface area contributed by atoms with Crippen molar-refractivity contribution in [1.29, 1.82) is 5.26 Å². The third kappa shape index (κ3) is 2.26. The van der Waals surface area contributed by atoms with Crippen molar-refractivity contribution >= 4 is 6.29 Å². The van der Waals surface area contributed by atoms with E-state index < -0.39 is 0 Å². The highest BCUT2D eigenvalue weighted by Crippen LogP contribution is 2.11. The summed E-state index contributed by atoms with van der Waals surface area (Å²) in [6.45, 7) is 2.62. The maximum atomic E-state index is 10.9. The van der Waals surface area contributed by atoms with Crippen LogP contribution in [0, 0.1) is 18.3 Å². The lowest BCUT2D eigenvalue weighted by molar-refractivity contribution is 0.111. The summed E-state index contributed by atoms with van der Waals surface area (Å²) < 4.78 is 1.95. The molecule has 17 heavy (non-hydrogen) atoms. The summed E-state index contributed by atoms with van der Waals surface area (Å²) in [5.41, 5.74) is 3.45. The number of hydrogen-bond acceptors (Lipinski definition) is 2. The van der Waals surface area contributed by atoms with Gasteiger partial charge in [-0.2, -0.15) is 5.26 Å². The zero-order valence-electron chi connectivity index (χ0n) is 9.55. The van der Waals surface area contributed by atoms with Crippen molar-refractivity contribution in [1.82, 2.24) is 4.57 Å². The maximum absolute atomic E-state index is 10.9. The molecule has 0 fully saturated rings. The average Bonchev–Trinajstić information content (AvgIpc) is 2.71. The van der Waals surface area contributed by atoms with Crippen LogP contribution in [-0.4, -0.2) is 10.9 Å². The van der Waals surface area contributed by atoms with Crippen LogP contribution < -0.4 is 0 Å².